The molecule has 0 spiro atoms. The molecule has 0 bridgehead atoms. The van der Waals surface area contributed by atoms with Gasteiger partial charge in [0.15, 0.2) is 0 Å². The van der Waals surface area contributed by atoms with E-state index in [4.69, 9.17) is 16.3 Å². The number of pyridine rings is 1. The Kier molecular flexibility index (Phi) is 2.40. The minimum Gasteiger partial charge on any atom is -0.477 e. The molecule has 0 aliphatic carbocycles. The highest BCUT2D eigenvalue weighted by atomic mass is 35.5. The van der Waals surface area contributed by atoms with E-state index in [1.54, 1.807) is 0 Å². The van der Waals surface area contributed by atoms with E-state index in [1.807, 2.05) is 13.0 Å². The number of aryl methyl sites for hydroxylation is 1. The number of ether oxygens (including phenoxy) is 1. The zero-order valence-electron chi connectivity index (χ0n) is 7.59. The average molecular weight is 198 g/mol. The van der Waals surface area contributed by atoms with Gasteiger partial charge in [-0.25, -0.2) is 4.98 Å². The molecule has 0 aromatic carbocycles. The lowest BCUT2D eigenvalue weighted by molar-refractivity contribution is 0.275. The number of hydrogen-bond donors (Lipinski definition) is 0. The fraction of sp³-hybridized carbons (Fsp3) is 0.500. The first-order valence-electron chi connectivity index (χ1n) is 4.54. The molecule has 0 N–H and O–H groups in total. The quantitative estimate of drug-likeness (QED) is 0.646. The van der Waals surface area contributed by atoms with Gasteiger partial charge in [-0.05, 0) is 25.8 Å². The van der Waals surface area contributed by atoms with E-state index in [2.05, 4.69) is 11.1 Å². The molecule has 1 aromatic rings. The van der Waals surface area contributed by atoms with Gasteiger partial charge in [-0.3, -0.25) is 0 Å². The normalized spacial score (nSPS) is 17.4. The second-order valence-electron chi connectivity index (χ2n) is 3.27. The number of halogens is 1. The summed E-state index contributed by atoms with van der Waals surface area (Å²) in [5, 5.41) is -0.0455. The number of aromatic nitrogens is 1. The van der Waals surface area contributed by atoms with Crippen LogP contribution in [-0.4, -0.2) is 11.6 Å². The Morgan fingerprint density at radius 3 is 3.15 bits per heavy atom. The maximum Gasteiger partial charge on any atom is 0.216 e. The molecule has 0 amide bonds. The third kappa shape index (κ3) is 1.78. The third-order valence-corrected chi connectivity index (χ3v) is 2.42. The van der Waals surface area contributed by atoms with Gasteiger partial charge in [0.05, 0.1) is 17.7 Å². The summed E-state index contributed by atoms with van der Waals surface area (Å²) in [7, 11) is 0. The van der Waals surface area contributed by atoms with Crippen LogP contribution in [0.2, 0.25) is 0 Å². The number of rotatable bonds is 1. The molecule has 0 radical (unpaired) electrons. The van der Waals surface area contributed by atoms with Crippen LogP contribution in [0.1, 0.15) is 30.0 Å². The maximum atomic E-state index is 5.93. The second-order valence-corrected chi connectivity index (χ2v) is 3.92. The molecule has 1 atom stereocenters. The first-order chi connectivity index (χ1) is 6.27. The largest absolute Gasteiger partial charge is 0.477 e. The lowest BCUT2D eigenvalue weighted by atomic mass is 10.1. The monoisotopic (exact) mass is 197 g/mol. The molecule has 1 unspecified atom stereocenters. The van der Waals surface area contributed by atoms with Gasteiger partial charge in [0, 0.05) is 5.56 Å². The van der Waals surface area contributed by atoms with Crippen LogP contribution in [0.25, 0.3) is 0 Å². The highest BCUT2D eigenvalue weighted by molar-refractivity contribution is 6.20. The van der Waals surface area contributed by atoms with Gasteiger partial charge in [-0.1, -0.05) is 6.07 Å². The summed E-state index contributed by atoms with van der Waals surface area (Å²) in [4.78, 5) is 4.36. The number of nitrogens with zero attached hydrogens (tertiary/aromatic N) is 1. The fourth-order valence-corrected chi connectivity index (χ4v) is 1.57. The molecular formula is C10H12ClNO. The summed E-state index contributed by atoms with van der Waals surface area (Å²) in [6.45, 7) is 2.69. The van der Waals surface area contributed by atoms with Crippen LogP contribution >= 0.6 is 11.6 Å². The van der Waals surface area contributed by atoms with Crippen molar-refractivity contribution in [3.8, 4) is 5.88 Å². The van der Waals surface area contributed by atoms with E-state index in [9.17, 15) is 0 Å². The zero-order chi connectivity index (χ0) is 9.26. The topological polar surface area (TPSA) is 22.1 Å². The van der Waals surface area contributed by atoms with E-state index < -0.39 is 0 Å². The van der Waals surface area contributed by atoms with Crippen LogP contribution in [0, 0.1) is 0 Å². The molecule has 0 fully saturated rings. The van der Waals surface area contributed by atoms with Crippen molar-refractivity contribution in [1.29, 1.82) is 0 Å². The molecule has 0 saturated heterocycles. The molecule has 2 heterocycles. The lowest BCUT2D eigenvalue weighted by Crippen LogP contribution is -2.10. The molecule has 0 saturated carbocycles. The molecule has 13 heavy (non-hydrogen) atoms. The van der Waals surface area contributed by atoms with Gasteiger partial charge in [-0.2, -0.15) is 0 Å². The Morgan fingerprint density at radius 1 is 1.54 bits per heavy atom. The second kappa shape index (κ2) is 3.54. The zero-order valence-corrected chi connectivity index (χ0v) is 8.34. The van der Waals surface area contributed by atoms with Crippen LogP contribution in [0.4, 0.5) is 0 Å². The van der Waals surface area contributed by atoms with Crippen molar-refractivity contribution in [3.05, 3.63) is 23.4 Å². The first kappa shape index (κ1) is 8.82. The van der Waals surface area contributed by atoms with Gasteiger partial charge >= 0.3 is 0 Å². The number of fused-ring (bicyclic) bond motifs is 1. The molecule has 1 aromatic heterocycles. The Morgan fingerprint density at radius 2 is 2.38 bits per heavy atom. The van der Waals surface area contributed by atoms with Gasteiger partial charge in [0.25, 0.3) is 0 Å². The Labute approximate surface area is 82.9 Å². The maximum absolute atomic E-state index is 5.93. The Balaban J connectivity index is 2.35. The molecular weight excluding hydrogens is 186 g/mol. The van der Waals surface area contributed by atoms with Crippen molar-refractivity contribution in [3.63, 3.8) is 0 Å². The third-order valence-electron chi connectivity index (χ3n) is 2.20. The lowest BCUT2D eigenvalue weighted by Gasteiger charge is -2.16. The van der Waals surface area contributed by atoms with Crippen LogP contribution in [-0.2, 0) is 6.42 Å². The number of alkyl halides is 1. The summed E-state index contributed by atoms with van der Waals surface area (Å²) >= 11 is 5.93. The molecule has 2 nitrogen and oxygen atoms in total. The molecule has 1 aliphatic rings. The van der Waals surface area contributed by atoms with Gasteiger partial charge in [-0.15, -0.1) is 11.6 Å². The molecule has 70 valence electrons. The predicted octanol–water partition coefficient (Wildman–Crippen LogP) is 2.71. The predicted molar refractivity (Wildman–Crippen MR) is 52.3 cm³/mol. The SMILES string of the molecule is CC(Cl)c1ccc2c(n1)OCCC2. The fourth-order valence-electron chi connectivity index (χ4n) is 1.45. The summed E-state index contributed by atoms with van der Waals surface area (Å²) in [5.41, 5.74) is 2.09. The van der Waals surface area contributed by atoms with E-state index in [1.165, 1.54) is 5.56 Å². The van der Waals surface area contributed by atoms with Crippen molar-refractivity contribution in [1.82, 2.24) is 4.98 Å². The van der Waals surface area contributed by atoms with E-state index >= 15 is 0 Å². The molecule has 3 heteroatoms. The van der Waals surface area contributed by atoms with Crippen LogP contribution in [0.3, 0.4) is 0 Å². The summed E-state index contributed by atoms with van der Waals surface area (Å²) in [6, 6.07) is 4.04. The van der Waals surface area contributed by atoms with Gasteiger partial charge < -0.3 is 4.74 Å². The van der Waals surface area contributed by atoms with Crippen LogP contribution < -0.4 is 4.74 Å². The average Bonchev–Trinajstić information content (AvgIpc) is 2.17. The van der Waals surface area contributed by atoms with Crippen molar-refractivity contribution in [2.45, 2.75) is 25.1 Å². The van der Waals surface area contributed by atoms with Crippen LogP contribution in [0.15, 0.2) is 12.1 Å². The van der Waals surface area contributed by atoms with Crippen molar-refractivity contribution in [2.75, 3.05) is 6.61 Å². The van der Waals surface area contributed by atoms with E-state index in [-0.39, 0.29) is 5.38 Å². The van der Waals surface area contributed by atoms with Crippen molar-refractivity contribution >= 4 is 11.6 Å². The highest BCUT2D eigenvalue weighted by Crippen LogP contribution is 2.26. The smallest absolute Gasteiger partial charge is 0.216 e. The van der Waals surface area contributed by atoms with Gasteiger partial charge in [0.1, 0.15) is 0 Å². The highest BCUT2D eigenvalue weighted by Gasteiger charge is 2.13. The Bertz CT molecular complexity index is 312. The first-order valence-corrected chi connectivity index (χ1v) is 4.97. The summed E-state index contributed by atoms with van der Waals surface area (Å²) in [5.74, 6) is 0.774. The number of hydrogen-bond acceptors (Lipinski definition) is 2. The Hall–Kier alpha value is -0.760. The molecule has 2 rings (SSSR count). The summed E-state index contributed by atoms with van der Waals surface area (Å²) in [6.07, 6.45) is 2.16. The summed E-state index contributed by atoms with van der Waals surface area (Å²) < 4.78 is 5.44. The standard InChI is InChI=1S/C10H12ClNO/c1-7(11)9-5-4-8-3-2-6-13-10(8)12-9/h4-5,7H,2-3,6H2,1H3. The van der Waals surface area contributed by atoms with Gasteiger partial charge in [0.2, 0.25) is 5.88 Å². The van der Waals surface area contributed by atoms with Crippen LogP contribution in [0.5, 0.6) is 5.88 Å². The van der Waals surface area contributed by atoms with Crippen molar-refractivity contribution < 1.29 is 4.74 Å². The molecule has 1 aliphatic heterocycles. The minimum atomic E-state index is -0.0455. The van der Waals surface area contributed by atoms with Crippen molar-refractivity contribution in [2.24, 2.45) is 0 Å². The minimum absolute atomic E-state index is 0.0455. The van der Waals surface area contributed by atoms with E-state index in [0.717, 1.165) is 31.0 Å². The van der Waals surface area contributed by atoms with E-state index in [0.29, 0.717) is 0 Å².